The van der Waals surface area contributed by atoms with Gasteiger partial charge in [0.25, 0.3) is 11.4 Å². The van der Waals surface area contributed by atoms with Gasteiger partial charge in [0.15, 0.2) is 11.6 Å². The van der Waals surface area contributed by atoms with E-state index in [0.717, 1.165) is 5.75 Å². The minimum atomic E-state index is -0.526. The van der Waals surface area contributed by atoms with Gasteiger partial charge in [0, 0.05) is 35.3 Å². The van der Waals surface area contributed by atoms with E-state index >= 15 is 0 Å². The molecule has 0 amide bonds. The summed E-state index contributed by atoms with van der Waals surface area (Å²) in [6, 6.07) is 11.6. The lowest BCUT2D eigenvalue weighted by atomic mass is 10.1. The molecule has 0 saturated carbocycles. The molecule has 2 aromatic carbocycles. The summed E-state index contributed by atoms with van der Waals surface area (Å²) >= 11 is 2.87. The lowest BCUT2D eigenvalue weighted by Crippen LogP contribution is -2.10. The predicted octanol–water partition coefficient (Wildman–Crippen LogP) is 5.45. The Hall–Kier alpha value is -3.50. The number of allylic oxidation sites excluding steroid dienone is 3. The van der Waals surface area contributed by atoms with Crippen LogP contribution >= 0.6 is 23.5 Å². The molecule has 0 aliphatic carbocycles. The molecule has 0 bridgehead atoms. The molecule has 1 aliphatic heterocycles. The molecule has 0 aromatic heterocycles. The van der Waals surface area contributed by atoms with Gasteiger partial charge in [-0.3, -0.25) is 29.8 Å². The van der Waals surface area contributed by atoms with E-state index in [1.165, 1.54) is 84.2 Å². The van der Waals surface area contributed by atoms with Gasteiger partial charge in [-0.05, 0) is 23.3 Å². The van der Waals surface area contributed by atoms with Crippen LogP contribution < -0.4 is 0 Å². The molecule has 1 saturated heterocycles. The maximum Gasteiger partial charge on any atom is 0.270 e. The maximum atomic E-state index is 13.0. The predicted molar refractivity (Wildman–Crippen MR) is 131 cm³/mol. The number of hydrogen-bond donors (Lipinski definition) is 0. The highest BCUT2D eigenvalue weighted by Gasteiger charge is 2.26. The summed E-state index contributed by atoms with van der Waals surface area (Å²) in [5, 5.41) is 22.1. The Morgan fingerprint density at radius 1 is 0.909 bits per heavy atom. The van der Waals surface area contributed by atoms with Gasteiger partial charge in [-0.2, -0.15) is 0 Å². The Morgan fingerprint density at radius 2 is 1.39 bits per heavy atom. The second kappa shape index (κ2) is 10.9. The number of nitrogens with zero attached hydrogens (tertiary/aromatic N) is 2. The van der Waals surface area contributed by atoms with Crippen LogP contribution in [-0.2, 0) is 9.59 Å². The zero-order chi connectivity index (χ0) is 24.0. The molecule has 10 heteroatoms. The number of carbonyl (C=O) groups excluding carboxylic acids is 2. The first kappa shape index (κ1) is 24.1. The summed E-state index contributed by atoms with van der Waals surface area (Å²) in [7, 11) is 0. The van der Waals surface area contributed by atoms with Crippen molar-refractivity contribution in [3.8, 4) is 0 Å². The molecular weight excluding hydrogens is 464 g/mol. The van der Waals surface area contributed by atoms with Gasteiger partial charge in [-0.25, -0.2) is 0 Å². The van der Waals surface area contributed by atoms with E-state index < -0.39 is 21.4 Å². The van der Waals surface area contributed by atoms with Gasteiger partial charge >= 0.3 is 0 Å². The monoisotopic (exact) mass is 482 g/mol. The largest absolute Gasteiger partial charge is 0.289 e. The fourth-order valence-electron chi connectivity index (χ4n) is 2.89. The van der Waals surface area contributed by atoms with Crippen molar-refractivity contribution < 1.29 is 19.4 Å². The van der Waals surface area contributed by atoms with Crippen LogP contribution in [0.3, 0.4) is 0 Å². The molecule has 33 heavy (non-hydrogen) atoms. The van der Waals surface area contributed by atoms with Gasteiger partial charge in [0.1, 0.15) is 0 Å². The number of carbonyl (C=O) groups is 2. The van der Waals surface area contributed by atoms with Crippen molar-refractivity contribution in [3.63, 3.8) is 0 Å². The van der Waals surface area contributed by atoms with Crippen molar-refractivity contribution in [2.45, 2.75) is 12.2 Å². The fraction of sp³-hybridized carbons (Fsp3) is 0.130. The van der Waals surface area contributed by atoms with Crippen LogP contribution in [0, 0.1) is 20.2 Å². The van der Waals surface area contributed by atoms with Crippen LogP contribution in [0.1, 0.15) is 18.1 Å². The van der Waals surface area contributed by atoms with E-state index in [-0.39, 0.29) is 22.2 Å². The van der Waals surface area contributed by atoms with Crippen molar-refractivity contribution in [1.29, 1.82) is 0 Å². The minimum Gasteiger partial charge on any atom is -0.289 e. The van der Waals surface area contributed by atoms with Crippen molar-refractivity contribution in [2.24, 2.45) is 0 Å². The molecule has 1 fully saturated rings. The third kappa shape index (κ3) is 6.50. The Labute approximate surface area is 197 Å². The molecule has 168 valence electrons. The number of hydrogen-bond acceptors (Lipinski definition) is 8. The van der Waals surface area contributed by atoms with E-state index in [1.807, 2.05) is 6.92 Å². The molecule has 0 radical (unpaired) electrons. The van der Waals surface area contributed by atoms with E-state index in [2.05, 4.69) is 0 Å². The van der Waals surface area contributed by atoms with E-state index in [9.17, 15) is 29.8 Å². The number of ketones is 2. The summed E-state index contributed by atoms with van der Waals surface area (Å²) in [5.74, 6) is -0.272. The molecule has 1 atom stereocenters. The average molecular weight is 483 g/mol. The SMILES string of the molecule is CC1CSC(=C(C(=O)C=Cc2cccc([N+](=O)[O-])c2)C(=O)C=Cc2cccc([N+](=O)[O-])c2)S1. The molecular formula is C23H18N2O6S2. The first-order valence-electron chi connectivity index (χ1n) is 9.72. The number of rotatable bonds is 8. The highest BCUT2D eigenvalue weighted by Crippen LogP contribution is 2.44. The van der Waals surface area contributed by atoms with E-state index in [0.29, 0.717) is 15.4 Å². The van der Waals surface area contributed by atoms with Gasteiger partial charge < -0.3 is 0 Å². The number of thioether (sulfide) groups is 2. The Kier molecular flexibility index (Phi) is 7.96. The number of benzene rings is 2. The summed E-state index contributed by atoms with van der Waals surface area (Å²) in [4.78, 5) is 46.8. The van der Waals surface area contributed by atoms with Crippen molar-refractivity contribution in [3.05, 3.63) is 102 Å². The Balaban J connectivity index is 1.88. The summed E-state index contributed by atoms with van der Waals surface area (Å²) < 4.78 is 0.616. The van der Waals surface area contributed by atoms with Crippen LogP contribution in [0.4, 0.5) is 11.4 Å². The Morgan fingerprint density at radius 3 is 1.79 bits per heavy atom. The van der Waals surface area contributed by atoms with Crippen LogP contribution in [-0.4, -0.2) is 32.4 Å². The zero-order valence-corrected chi connectivity index (χ0v) is 19.0. The van der Waals surface area contributed by atoms with Crippen molar-refractivity contribution >= 4 is 58.6 Å². The van der Waals surface area contributed by atoms with Crippen LogP contribution in [0.25, 0.3) is 12.2 Å². The number of nitro groups is 2. The average Bonchev–Trinajstić information content (AvgIpc) is 3.22. The normalized spacial score (nSPS) is 15.8. The molecule has 1 unspecified atom stereocenters. The van der Waals surface area contributed by atoms with Crippen molar-refractivity contribution in [2.75, 3.05) is 5.75 Å². The van der Waals surface area contributed by atoms with Gasteiger partial charge in [-0.1, -0.05) is 43.3 Å². The van der Waals surface area contributed by atoms with E-state index in [1.54, 1.807) is 12.1 Å². The highest BCUT2D eigenvalue weighted by atomic mass is 32.2. The third-order valence-corrected chi connectivity index (χ3v) is 7.44. The number of nitro benzene ring substituents is 2. The molecule has 0 spiro atoms. The fourth-order valence-corrected chi connectivity index (χ4v) is 5.75. The summed E-state index contributed by atoms with van der Waals surface area (Å²) in [5.41, 5.74) is 0.727. The van der Waals surface area contributed by atoms with Crippen LogP contribution in [0.2, 0.25) is 0 Å². The maximum absolute atomic E-state index is 13.0. The van der Waals surface area contributed by atoms with Gasteiger partial charge in [-0.15, -0.1) is 23.5 Å². The van der Waals surface area contributed by atoms with Crippen molar-refractivity contribution in [1.82, 2.24) is 0 Å². The van der Waals surface area contributed by atoms with E-state index in [4.69, 9.17) is 0 Å². The zero-order valence-electron chi connectivity index (χ0n) is 17.4. The second-order valence-electron chi connectivity index (χ2n) is 7.00. The van der Waals surface area contributed by atoms with Crippen LogP contribution in [0.15, 0.2) is 70.5 Å². The van der Waals surface area contributed by atoms with Gasteiger partial charge in [0.2, 0.25) is 0 Å². The quantitative estimate of drug-likeness (QED) is 0.160. The first-order valence-corrected chi connectivity index (χ1v) is 11.6. The topological polar surface area (TPSA) is 120 Å². The van der Waals surface area contributed by atoms with Gasteiger partial charge in [0.05, 0.1) is 19.7 Å². The molecule has 1 aliphatic rings. The highest BCUT2D eigenvalue weighted by molar-refractivity contribution is 8.25. The lowest BCUT2D eigenvalue weighted by molar-refractivity contribution is -0.385. The molecule has 8 nitrogen and oxygen atoms in total. The first-order chi connectivity index (χ1) is 15.7. The smallest absolute Gasteiger partial charge is 0.270 e. The summed E-state index contributed by atoms with van der Waals surface area (Å²) in [6.07, 6.45) is 5.32. The molecule has 1 heterocycles. The Bertz CT molecular complexity index is 1140. The minimum absolute atomic E-state index is 0.0118. The summed E-state index contributed by atoms with van der Waals surface area (Å²) in [6.45, 7) is 2.00. The standard InChI is InChI=1S/C23H18N2O6S2/c1-15-14-32-23(33-15)22(20(26)10-8-16-4-2-6-18(12-16)24(28)29)21(27)11-9-17-5-3-7-19(13-17)25(30)31/h2-13,15H,14H2,1H3. The number of non-ortho nitro benzene ring substituents is 2. The second-order valence-corrected chi connectivity index (χ2v) is 9.74. The molecule has 2 aromatic rings. The molecule has 0 N–H and O–H groups in total. The van der Waals surface area contributed by atoms with Crippen LogP contribution in [0.5, 0.6) is 0 Å². The molecule has 3 rings (SSSR count). The third-order valence-electron chi connectivity index (χ3n) is 4.47. The lowest BCUT2D eigenvalue weighted by Gasteiger charge is -2.05.